The molecule has 0 aliphatic carbocycles. The second kappa shape index (κ2) is 9.59. The van der Waals surface area contributed by atoms with E-state index in [9.17, 15) is 15.0 Å². The Morgan fingerprint density at radius 2 is 1.91 bits per heavy atom. The summed E-state index contributed by atoms with van der Waals surface area (Å²) in [4.78, 5) is 25.9. The Hall–Kier alpha value is -3.57. The van der Waals surface area contributed by atoms with Crippen LogP contribution in [0.1, 0.15) is 11.8 Å². The molecule has 0 radical (unpaired) electrons. The number of nitrogens with zero attached hydrogens (tertiary/aromatic N) is 4. The molecule has 4 N–H and O–H groups in total. The first-order valence-electron chi connectivity index (χ1n) is 11.0. The maximum Gasteiger partial charge on any atom is 0.251 e. The first-order valence-corrected chi connectivity index (χ1v) is 11.4. The highest BCUT2D eigenvalue weighted by Gasteiger charge is 2.47. The van der Waals surface area contributed by atoms with Crippen molar-refractivity contribution in [1.29, 1.82) is 0 Å². The third-order valence-corrected chi connectivity index (χ3v) is 6.06. The first-order chi connectivity index (χ1) is 17.0. The molecular formula is C24H23ClN6O4. The highest BCUT2D eigenvalue weighted by molar-refractivity contribution is 6.30. The van der Waals surface area contributed by atoms with Crippen LogP contribution in [0.25, 0.3) is 22.6 Å². The number of aliphatic hydroxyl groups is 2. The smallest absolute Gasteiger partial charge is 0.251 e. The number of benzene rings is 2. The predicted octanol–water partition coefficient (Wildman–Crippen LogP) is 2.12. The van der Waals surface area contributed by atoms with Gasteiger partial charge in [0.15, 0.2) is 35.1 Å². The molecule has 2 aromatic carbocycles. The third kappa shape index (κ3) is 4.44. The number of ether oxygens (including phenoxy) is 1. The SMILES string of the molecule is CNC(=O)[C@H]1O[C@@H](n2cnc3c(NCc4ccccc4)nc(-c4cccc(Cl)c4)nc32)[C@H](O)[C@@H]1O. The van der Waals surface area contributed by atoms with Gasteiger partial charge in [0, 0.05) is 24.2 Å². The summed E-state index contributed by atoms with van der Waals surface area (Å²) in [6.07, 6.45) is -3.66. The van der Waals surface area contributed by atoms with Crippen LogP contribution in [-0.4, -0.2) is 61.0 Å². The largest absolute Gasteiger partial charge is 0.387 e. The minimum atomic E-state index is -1.41. The number of fused-ring (bicyclic) bond motifs is 1. The van der Waals surface area contributed by atoms with Gasteiger partial charge in [0.1, 0.15) is 12.2 Å². The number of anilines is 1. The number of carbonyl (C=O) groups excluding carboxylic acids is 1. The second-order valence-corrected chi connectivity index (χ2v) is 8.55. The van der Waals surface area contributed by atoms with Gasteiger partial charge in [0.05, 0.1) is 6.33 Å². The van der Waals surface area contributed by atoms with Crippen LogP contribution in [0.4, 0.5) is 5.82 Å². The minimum absolute atomic E-state index is 0.361. The highest BCUT2D eigenvalue weighted by atomic mass is 35.5. The van der Waals surface area contributed by atoms with Gasteiger partial charge in [0.25, 0.3) is 5.91 Å². The van der Waals surface area contributed by atoms with Gasteiger partial charge >= 0.3 is 0 Å². The van der Waals surface area contributed by atoms with Crippen LogP contribution in [-0.2, 0) is 16.1 Å². The van der Waals surface area contributed by atoms with Crippen molar-refractivity contribution in [3.8, 4) is 11.4 Å². The lowest BCUT2D eigenvalue weighted by atomic mass is 10.1. The Kier molecular flexibility index (Phi) is 6.35. The number of hydrogen-bond donors (Lipinski definition) is 4. The van der Waals surface area contributed by atoms with E-state index >= 15 is 0 Å². The second-order valence-electron chi connectivity index (χ2n) is 8.11. The lowest BCUT2D eigenvalue weighted by Crippen LogP contribution is -2.41. The fraction of sp³-hybridized carbons (Fsp3) is 0.250. The van der Waals surface area contributed by atoms with Crippen molar-refractivity contribution in [2.75, 3.05) is 12.4 Å². The molecule has 5 rings (SSSR count). The van der Waals surface area contributed by atoms with E-state index in [0.29, 0.717) is 39.9 Å². The van der Waals surface area contributed by atoms with Crippen molar-refractivity contribution in [2.45, 2.75) is 31.1 Å². The quantitative estimate of drug-likeness (QED) is 0.320. The van der Waals surface area contributed by atoms with Gasteiger partial charge in [0.2, 0.25) is 0 Å². The fourth-order valence-electron chi connectivity index (χ4n) is 4.01. The third-order valence-electron chi connectivity index (χ3n) is 5.82. The summed E-state index contributed by atoms with van der Waals surface area (Å²) in [6.45, 7) is 0.495. The molecule has 3 heterocycles. The molecule has 1 aliphatic heterocycles. The van der Waals surface area contributed by atoms with Crippen LogP contribution in [0.3, 0.4) is 0 Å². The zero-order valence-corrected chi connectivity index (χ0v) is 19.4. The number of likely N-dealkylation sites (N-methyl/N-ethyl adjacent to an activating group) is 1. The molecule has 180 valence electrons. The molecule has 1 fully saturated rings. The van der Waals surface area contributed by atoms with Crippen LogP contribution < -0.4 is 10.6 Å². The maximum absolute atomic E-state index is 12.1. The molecule has 11 heteroatoms. The number of aliphatic hydroxyl groups excluding tert-OH is 2. The zero-order chi connectivity index (χ0) is 24.5. The standard InChI is InChI=1S/C24H23ClN6O4/c1-26-23(34)19-17(32)18(33)24(35-19)31-12-28-16-21(27-11-13-6-3-2-4-7-13)29-20(30-22(16)31)14-8-5-9-15(25)10-14/h2-10,12,17-19,24,32-33H,11H2,1H3,(H,26,34)(H,27,29,30)/t17-,18+,19-,24+/m0/s1. The summed E-state index contributed by atoms with van der Waals surface area (Å²) in [5.41, 5.74) is 2.54. The van der Waals surface area contributed by atoms with Crippen LogP contribution >= 0.6 is 11.6 Å². The summed E-state index contributed by atoms with van der Waals surface area (Å²) in [5.74, 6) is 0.319. The van der Waals surface area contributed by atoms with E-state index in [2.05, 4.69) is 25.6 Å². The maximum atomic E-state index is 12.1. The monoisotopic (exact) mass is 494 g/mol. The number of halogens is 1. The lowest BCUT2D eigenvalue weighted by Gasteiger charge is -2.17. The van der Waals surface area contributed by atoms with Crippen LogP contribution in [0.15, 0.2) is 60.9 Å². The normalized spacial score (nSPS) is 21.8. The van der Waals surface area contributed by atoms with E-state index in [0.717, 1.165) is 5.56 Å². The highest BCUT2D eigenvalue weighted by Crippen LogP contribution is 2.34. The van der Waals surface area contributed by atoms with Crippen LogP contribution in [0, 0.1) is 0 Å². The molecule has 35 heavy (non-hydrogen) atoms. The van der Waals surface area contributed by atoms with Crippen molar-refractivity contribution in [1.82, 2.24) is 24.8 Å². The average molecular weight is 495 g/mol. The molecule has 0 bridgehead atoms. The van der Waals surface area contributed by atoms with Gasteiger partial charge < -0.3 is 25.6 Å². The van der Waals surface area contributed by atoms with Crippen LogP contribution in [0.2, 0.25) is 5.02 Å². The summed E-state index contributed by atoms with van der Waals surface area (Å²) < 4.78 is 7.23. The summed E-state index contributed by atoms with van der Waals surface area (Å²) in [7, 11) is 1.43. The molecule has 2 aromatic heterocycles. The van der Waals surface area contributed by atoms with E-state index in [1.54, 1.807) is 18.2 Å². The Labute approximate surface area is 205 Å². The van der Waals surface area contributed by atoms with E-state index < -0.39 is 30.4 Å². The number of rotatable bonds is 6. The van der Waals surface area contributed by atoms with Gasteiger partial charge in [-0.1, -0.05) is 54.1 Å². The molecule has 4 aromatic rings. The summed E-state index contributed by atoms with van der Waals surface area (Å²) in [6, 6.07) is 17.0. The minimum Gasteiger partial charge on any atom is -0.387 e. The Bertz CT molecular complexity index is 1360. The topological polar surface area (TPSA) is 134 Å². The average Bonchev–Trinajstić information content (AvgIpc) is 3.43. The van der Waals surface area contributed by atoms with E-state index in [-0.39, 0.29) is 0 Å². The molecule has 1 saturated heterocycles. The van der Waals surface area contributed by atoms with Crippen molar-refractivity contribution in [2.24, 2.45) is 0 Å². The number of nitrogens with one attached hydrogen (secondary N) is 2. The van der Waals surface area contributed by atoms with E-state index in [1.807, 2.05) is 36.4 Å². The molecule has 1 amide bonds. The van der Waals surface area contributed by atoms with Crippen molar-refractivity contribution in [3.05, 3.63) is 71.5 Å². The number of carbonyl (C=O) groups is 1. The van der Waals surface area contributed by atoms with Crippen LogP contribution in [0.5, 0.6) is 0 Å². The van der Waals surface area contributed by atoms with E-state index in [1.165, 1.54) is 17.9 Å². The Morgan fingerprint density at radius 3 is 2.66 bits per heavy atom. The lowest BCUT2D eigenvalue weighted by molar-refractivity contribution is -0.137. The molecule has 10 nitrogen and oxygen atoms in total. The molecule has 0 unspecified atom stereocenters. The fourth-order valence-corrected chi connectivity index (χ4v) is 4.20. The van der Waals surface area contributed by atoms with Crippen molar-refractivity contribution in [3.63, 3.8) is 0 Å². The zero-order valence-electron chi connectivity index (χ0n) is 18.7. The van der Waals surface area contributed by atoms with Gasteiger partial charge in [-0.15, -0.1) is 0 Å². The molecular weight excluding hydrogens is 472 g/mol. The summed E-state index contributed by atoms with van der Waals surface area (Å²) >= 11 is 6.19. The molecule has 0 saturated carbocycles. The van der Waals surface area contributed by atoms with Crippen molar-refractivity contribution < 1.29 is 19.7 Å². The Balaban J connectivity index is 1.58. The molecule has 1 aliphatic rings. The first kappa shape index (κ1) is 23.2. The number of aromatic nitrogens is 4. The predicted molar refractivity (Wildman–Crippen MR) is 130 cm³/mol. The summed E-state index contributed by atoms with van der Waals surface area (Å²) in [5, 5.41) is 27.3. The van der Waals surface area contributed by atoms with Gasteiger partial charge in [-0.25, -0.2) is 15.0 Å². The number of imidazole rings is 1. The molecule has 0 spiro atoms. The van der Waals surface area contributed by atoms with Gasteiger partial charge in [-0.3, -0.25) is 9.36 Å². The van der Waals surface area contributed by atoms with Crippen molar-refractivity contribution >= 4 is 34.5 Å². The van der Waals surface area contributed by atoms with Gasteiger partial charge in [-0.05, 0) is 17.7 Å². The number of amides is 1. The van der Waals surface area contributed by atoms with E-state index in [4.69, 9.17) is 16.3 Å². The molecule has 4 atom stereocenters. The van der Waals surface area contributed by atoms with Gasteiger partial charge in [-0.2, -0.15) is 0 Å². The Morgan fingerprint density at radius 1 is 1.11 bits per heavy atom. The number of hydrogen-bond acceptors (Lipinski definition) is 8.